The Bertz CT molecular complexity index is 805. The van der Waals surface area contributed by atoms with Gasteiger partial charge in [0.15, 0.2) is 0 Å². The molecule has 1 aromatic carbocycles. The van der Waals surface area contributed by atoms with E-state index in [1.807, 2.05) is 13.8 Å². The van der Waals surface area contributed by atoms with Crippen molar-refractivity contribution < 1.29 is 37.4 Å². The molecule has 0 amide bonds. The van der Waals surface area contributed by atoms with E-state index < -0.39 is 18.1 Å². The number of nitrogens with zero attached hydrogens (tertiary/aromatic N) is 1. The van der Waals surface area contributed by atoms with Crippen molar-refractivity contribution in [1.82, 2.24) is 4.98 Å². The Morgan fingerprint density at radius 1 is 1.11 bits per heavy atom. The smallest absolute Gasteiger partial charge is 0.481 e. The number of benzene rings is 1. The topological polar surface area (TPSA) is 87.5 Å². The summed E-state index contributed by atoms with van der Waals surface area (Å²) in [6.45, 7) is 3.85. The fourth-order valence-electron chi connectivity index (χ4n) is 2.31. The molecule has 2 N–H and O–H groups in total. The Kier molecular flexibility index (Phi) is 7.45. The molecule has 0 aliphatic carbocycles. The molecule has 0 spiro atoms. The van der Waals surface area contributed by atoms with Gasteiger partial charge < -0.3 is 10.2 Å². The second-order valence-corrected chi connectivity index (χ2v) is 5.79. The summed E-state index contributed by atoms with van der Waals surface area (Å²) in [5, 5.41) is 16.2. The van der Waals surface area contributed by atoms with Gasteiger partial charge in [-0.2, -0.15) is 13.2 Å². The number of rotatable bonds is 4. The van der Waals surface area contributed by atoms with Crippen LogP contribution in [0.15, 0.2) is 36.7 Å². The normalized spacial score (nSPS) is 10.9. The van der Waals surface area contributed by atoms with E-state index in [4.69, 9.17) is 15.0 Å². The molecule has 2 aromatic rings. The van der Waals surface area contributed by atoms with Crippen molar-refractivity contribution in [2.45, 2.75) is 32.4 Å². The van der Waals surface area contributed by atoms with Crippen LogP contribution in [0.5, 0.6) is 0 Å². The fraction of sp³-hybridized carbons (Fsp3) is 0.278. The van der Waals surface area contributed by atoms with Crippen LogP contribution in [0.4, 0.5) is 17.6 Å². The largest absolute Gasteiger partial charge is 0.490 e. The van der Waals surface area contributed by atoms with E-state index in [0.29, 0.717) is 11.1 Å². The second kappa shape index (κ2) is 9.11. The molecule has 9 heteroatoms. The molecular formula is C18H17F4NO4. The first-order valence-corrected chi connectivity index (χ1v) is 7.68. The first-order valence-electron chi connectivity index (χ1n) is 7.68. The maximum absolute atomic E-state index is 13.8. The van der Waals surface area contributed by atoms with Gasteiger partial charge in [-0.15, -0.1) is 0 Å². The predicted octanol–water partition coefficient (Wildman–Crippen LogP) is 4.27. The first-order chi connectivity index (χ1) is 12.4. The van der Waals surface area contributed by atoms with Gasteiger partial charge in [-0.05, 0) is 52.4 Å². The standard InChI is InChI=1S/C16H16FNO2.C2HF3O2/c1-10(2)13-7-12(17)8-14(15(13)9-16(19)20)11-3-5-18-6-4-11;3-2(4,5)1(6)7/h3-8,10H,9H2,1-2H3,(H,19,20);(H,6,7). The van der Waals surface area contributed by atoms with Gasteiger partial charge in [0, 0.05) is 12.4 Å². The molecule has 0 atom stereocenters. The van der Waals surface area contributed by atoms with Gasteiger partial charge in [0.05, 0.1) is 6.42 Å². The number of halogens is 4. The van der Waals surface area contributed by atoms with Crippen LogP contribution in [0.3, 0.4) is 0 Å². The summed E-state index contributed by atoms with van der Waals surface area (Å²) in [4.78, 5) is 23.9. The monoisotopic (exact) mass is 387 g/mol. The highest BCUT2D eigenvalue weighted by atomic mass is 19.4. The van der Waals surface area contributed by atoms with Crippen molar-refractivity contribution in [1.29, 1.82) is 0 Å². The van der Waals surface area contributed by atoms with Gasteiger partial charge in [-0.25, -0.2) is 9.18 Å². The van der Waals surface area contributed by atoms with Crippen molar-refractivity contribution in [3.63, 3.8) is 0 Å². The Balaban J connectivity index is 0.000000445. The van der Waals surface area contributed by atoms with E-state index in [2.05, 4.69) is 4.98 Å². The van der Waals surface area contributed by atoms with Crippen LogP contribution in [-0.2, 0) is 16.0 Å². The van der Waals surface area contributed by atoms with Gasteiger partial charge in [-0.1, -0.05) is 13.8 Å². The molecule has 1 heterocycles. The van der Waals surface area contributed by atoms with Crippen LogP contribution in [0.1, 0.15) is 30.9 Å². The van der Waals surface area contributed by atoms with E-state index in [1.54, 1.807) is 24.5 Å². The van der Waals surface area contributed by atoms with Crippen molar-refractivity contribution in [3.8, 4) is 11.1 Å². The Hall–Kier alpha value is -2.97. The fourth-order valence-corrected chi connectivity index (χ4v) is 2.31. The number of aliphatic carboxylic acids is 2. The zero-order valence-electron chi connectivity index (χ0n) is 14.4. The van der Waals surface area contributed by atoms with Gasteiger partial charge in [-0.3, -0.25) is 9.78 Å². The molecular weight excluding hydrogens is 370 g/mol. The van der Waals surface area contributed by atoms with Gasteiger partial charge in [0.1, 0.15) is 5.82 Å². The third-order valence-electron chi connectivity index (χ3n) is 3.43. The van der Waals surface area contributed by atoms with Crippen molar-refractivity contribution in [3.05, 3.63) is 53.6 Å². The average Bonchev–Trinajstić information content (AvgIpc) is 2.56. The van der Waals surface area contributed by atoms with E-state index >= 15 is 0 Å². The minimum Gasteiger partial charge on any atom is -0.481 e. The van der Waals surface area contributed by atoms with Gasteiger partial charge in [0.2, 0.25) is 0 Å². The Morgan fingerprint density at radius 2 is 1.63 bits per heavy atom. The third-order valence-corrected chi connectivity index (χ3v) is 3.43. The maximum Gasteiger partial charge on any atom is 0.490 e. The molecule has 0 aliphatic heterocycles. The van der Waals surface area contributed by atoms with Crippen LogP contribution in [0.2, 0.25) is 0 Å². The molecule has 0 saturated heterocycles. The Labute approximate surface area is 152 Å². The summed E-state index contributed by atoms with van der Waals surface area (Å²) in [5.74, 6) is -3.98. The number of alkyl halides is 3. The summed E-state index contributed by atoms with van der Waals surface area (Å²) in [7, 11) is 0. The third kappa shape index (κ3) is 6.69. The van der Waals surface area contributed by atoms with Crippen molar-refractivity contribution >= 4 is 11.9 Å². The van der Waals surface area contributed by atoms with E-state index in [9.17, 15) is 22.4 Å². The Morgan fingerprint density at radius 3 is 2.04 bits per heavy atom. The predicted molar refractivity (Wildman–Crippen MR) is 88.8 cm³/mol. The lowest BCUT2D eigenvalue weighted by molar-refractivity contribution is -0.192. The molecule has 0 saturated carbocycles. The number of carboxylic acid groups (broad SMARTS) is 2. The summed E-state index contributed by atoms with van der Waals surface area (Å²) in [6, 6.07) is 6.32. The zero-order valence-corrected chi connectivity index (χ0v) is 14.4. The molecule has 0 unspecified atom stereocenters. The number of carbonyl (C=O) groups is 2. The number of hydrogen-bond donors (Lipinski definition) is 2. The highest BCUT2D eigenvalue weighted by molar-refractivity contribution is 5.78. The molecule has 5 nitrogen and oxygen atoms in total. The van der Waals surface area contributed by atoms with Crippen LogP contribution >= 0.6 is 0 Å². The molecule has 2 rings (SSSR count). The molecule has 146 valence electrons. The highest BCUT2D eigenvalue weighted by Crippen LogP contribution is 2.31. The molecule has 0 radical (unpaired) electrons. The molecule has 0 fully saturated rings. The van der Waals surface area contributed by atoms with Crippen LogP contribution in [0, 0.1) is 5.82 Å². The van der Waals surface area contributed by atoms with E-state index in [0.717, 1.165) is 11.1 Å². The van der Waals surface area contributed by atoms with Crippen molar-refractivity contribution in [2.24, 2.45) is 0 Å². The minimum atomic E-state index is -5.08. The quantitative estimate of drug-likeness (QED) is 0.765. The van der Waals surface area contributed by atoms with E-state index in [1.165, 1.54) is 12.1 Å². The summed E-state index contributed by atoms with van der Waals surface area (Å²) in [5.41, 5.74) is 2.80. The summed E-state index contributed by atoms with van der Waals surface area (Å²) >= 11 is 0. The van der Waals surface area contributed by atoms with Crippen LogP contribution in [0.25, 0.3) is 11.1 Å². The van der Waals surface area contributed by atoms with E-state index in [-0.39, 0.29) is 18.2 Å². The average molecular weight is 387 g/mol. The number of carboxylic acids is 2. The lowest BCUT2D eigenvalue weighted by Crippen LogP contribution is -2.21. The lowest BCUT2D eigenvalue weighted by Gasteiger charge is -2.17. The SMILES string of the molecule is CC(C)c1cc(F)cc(-c2ccncc2)c1CC(=O)O.O=C(O)C(F)(F)F. The maximum atomic E-state index is 13.8. The molecule has 0 bridgehead atoms. The highest BCUT2D eigenvalue weighted by Gasteiger charge is 2.38. The lowest BCUT2D eigenvalue weighted by atomic mass is 9.88. The first kappa shape index (κ1) is 22.1. The molecule has 27 heavy (non-hydrogen) atoms. The number of pyridine rings is 1. The second-order valence-electron chi connectivity index (χ2n) is 5.79. The summed E-state index contributed by atoms with van der Waals surface area (Å²) < 4.78 is 45.6. The van der Waals surface area contributed by atoms with Crippen LogP contribution in [-0.4, -0.2) is 33.3 Å². The number of hydrogen-bond acceptors (Lipinski definition) is 3. The zero-order chi connectivity index (χ0) is 20.8. The van der Waals surface area contributed by atoms with Crippen molar-refractivity contribution in [2.75, 3.05) is 0 Å². The molecule has 0 aliphatic rings. The van der Waals surface area contributed by atoms with Gasteiger partial charge in [0.25, 0.3) is 0 Å². The number of aromatic nitrogens is 1. The molecule has 1 aromatic heterocycles. The minimum absolute atomic E-state index is 0.0561. The van der Waals surface area contributed by atoms with Gasteiger partial charge >= 0.3 is 18.1 Å². The van der Waals surface area contributed by atoms with Crippen LogP contribution < -0.4 is 0 Å². The summed E-state index contributed by atoms with van der Waals surface area (Å²) in [6.07, 6.45) is -1.98.